The van der Waals surface area contributed by atoms with E-state index in [9.17, 15) is 10.1 Å². The van der Waals surface area contributed by atoms with E-state index in [1.54, 1.807) is 14.2 Å². The first kappa shape index (κ1) is 19.3. The maximum Gasteiger partial charge on any atom is 0.369 e. The molecule has 4 atom stereocenters. The number of methoxy groups -OCH3 is 2. The summed E-state index contributed by atoms with van der Waals surface area (Å²) >= 11 is 1.11. The summed E-state index contributed by atoms with van der Waals surface area (Å²) < 4.78 is 10.9. The highest BCUT2D eigenvalue weighted by atomic mass is 32.1. The molecular formula is C17H28N4O4S. The maximum absolute atomic E-state index is 11.5. The van der Waals surface area contributed by atoms with Gasteiger partial charge in [-0.3, -0.25) is 10.1 Å². The second kappa shape index (κ2) is 8.96. The monoisotopic (exact) mass is 384 g/mol. The van der Waals surface area contributed by atoms with Crippen molar-refractivity contribution < 1.29 is 14.4 Å². The lowest BCUT2D eigenvalue weighted by atomic mass is 9.93. The number of nitro groups is 1. The quantitative estimate of drug-likeness (QED) is 0.545. The largest absolute Gasteiger partial charge is 0.381 e. The minimum atomic E-state index is -0.347. The summed E-state index contributed by atoms with van der Waals surface area (Å²) in [6.07, 6.45) is 8.51. The van der Waals surface area contributed by atoms with Crippen LogP contribution < -0.4 is 10.6 Å². The molecule has 0 aromatic carbocycles. The van der Waals surface area contributed by atoms with Crippen LogP contribution in [0.4, 0.5) is 16.0 Å². The Morgan fingerprint density at radius 1 is 1.04 bits per heavy atom. The van der Waals surface area contributed by atoms with E-state index in [1.807, 2.05) is 0 Å². The summed E-state index contributed by atoms with van der Waals surface area (Å²) in [5, 5.41) is 18.8. The molecule has 26 heavy (non-hydrogen) atoms. The first-order chi connectivity index (χ1) is 12.6. The molecule has 2 N–H and O–H groups in total. The van der Waals surface area contributed by atoms with Crippen molar-refractivity contribution in [1.29, 1.82) is 0 Å². The van der Waals surface area contributed by atoms with Gasteiger partial charge in [0.25, 0.3) is 0 Å². The van der Waals surface area contributed by atoms with Crippen molar-refractivity contribution >= 4 is 27.3 Å². The van der Waals surface area contributed by atoms with Crippen LogP contribution in [0.1, 0.15) is 51.4 Å². The van der Waals surface area contributed by atoms with Crippen LogP contribution >= 0.6 is 11.3 Å². The average molecular weight is 385 g/mol. The van der Waals surface area contributed by atoms with Crippen molar-refractivity contribution in [3.63, 3.8) is 0 Å². The normalized spacial score (nSPS) is 29.3. The molecule has 8 nitrogen and oxygen atoms in total. The number of anilines is 2. The highest BCUT2D eigenvalue weighted by Crippen LogP contribution is 2.37. The zero-order chi connectivity index (χ0) is 18.5. The van der Waals surface area contributed by atoms with Crippen molar-refractivity contribution in [3.8, 4) is 0 Å². The summed E-state index contributed by atoms with van der Waals surface area (Å²) in [4.78, 5) is 15.6. The Labute approximate surface area is 157 Å². The van der Waals surface area contributed by atoms with Gasteiger partial charge in [-0.2, -0.15) is 4.98 Å². The SMILES string of the molecule is COC1CCCC(Nc2nc(NC3CCCC(OC)C3)c([N+](=O)[O-])s2)C1. The van der Waals surface area contributed by atoms with E-state index in [1.165, 1.54) is 0 Å². The Morgan fingerprint density at radius 2 is 1.62 bits per heavy atom. The predicted octanol–water partition coefficient (Wildman–Crippen LogP) is 3.79. The van der Waals surface area contributed by atoms with Crippen molar-refractivity contribution in [2.75, 3.05) is 24.9 Å². The van der Waals surface area contributed by atoms with E-state index in [-0.39, 0.29) is 34.2 Å². The van der Waals surface area contributed by atoms with Crippen LogP contribution in [-0.2, 0) is 9.47 Å². The molecule has 0 saturated heterocycles. The molecule has 2 aliphatic carbocycles. The van der Waals surface area contributed by atoms with E-state index in [2.05, 4.69) is 15.6 Å². The molecule has 1 aromatic heterocycles. The molecule has 9 heteroatoms. The fourth-order valence-corrected chi connectivity index (χ4v) is 4.76. The highest BCUT2D eigenvalue weighted by Gasteiger charge is 2.29. The summed E-state index contributed by atoms with van der Waals surface area (Å²) in [6.45, 7) is 0. The molecule has 2 fully saturated rings. The molecule has 0 bridgehead atoms. The van der Waals surface area contributed by atoms with Gasteiger partial charge < -0.3 is 20.1 Å². The zero-order valence-corrected chi connectivity index (χ0v) is 16.2. The number of aromatic nitrogens is 1. The molecule has 1 aromatic rings. The minimum absolute atomic E-state index is 0.0751. The molecular weight excluding hydrogens is 356 g/mol. The van der Waals surface area contributed by atoms with E-state index in [0.29, 0.717) is 10.9 Å². The standard InChI is InChI=1S/C17H28N4O4S/c1-24-13-7-3-5-11(9-13)18-15-16(21(22)23)26-17(20-15)19-12-6-4-8-14(10-12)25-2/h11-14,18H,3-10H2,1-2H3,(H,19,20). The number of rotatable bonds is 7. The van der Waals surface area contributed by atoms with Gasteiger partial charge >= 0.3 is 5.00 Å². The molecule has 2 saturated carbocycles. The molecule has 1 heterocycles. The van der Waals surface area contributed by atoms with Gasteiger partial charge in [0.1, 0.15) is 0 Å². The van der Waals surface area contributed by atoms with Gasteiger partial charge in [-0.25, -0.2) is 0 Å². The summed E-state index contributed by atoms with van der Waals surface area (Å²) in [6, 6.07) is 0.412. The predicted molar refractivity (Wildman–Crippen MR) is 102 cm³/mol. The Morgan fingerprint density at radius 3 is 2.15 bits per heavy atom. The van der Waals surface area contributed by atoms with Crippen molar-refractivity contribution in [3.05, 3.63) is 10.1 Å². The van der Waals surface area contributed by atoms with E-state index in [0.717, 1.165) is 62.7 Å². The van der Waals surface area contributed by atoms with Gasteiger partial charge in [0.2, 0.25) is 5.82 Å². The van der Waals surface area contributed by atoms with Gasteiger partial charge in [0, 0.05) is 26.3 Å². The number of hydrogen-bond donors (Lipinski definition) is 2. The summed E-state index contributed by atoms with van der Waals surface area (Å²) in [7, 11) is 3.46. The van der Waals surface area contributed by atoms with Crippen molar-refractivity contribution in [2.45, 2.75) is 75.7 Å². The average Bonchev–Trinajstić information content (AvgIpc) is 3.04. The lowest BCUT2D eigenvalue weighted by Gasteiger charge is -2.29. The van der Waals surface area contributed by atoms with E-state index in [4.69, 9.17) is 9.47 Å². The third kappa shape index (κ3) is 4.83. The first-order valence-electron chi connectivity index (χ1n) is 9.33. The van der Waals surface area contributed by atoms with Crippen molar-refractivity contribution in [1.82, 2.24) is 4.98 Å². The third-order valence-electron chi connectivity index (χ3n) is 5.36. The number of nitrogens with zero attached hydrogens (tertiary/aromatic N) is 2. The Bertz CT molecular complexity index is 612. The summed E-state index contributed by atoms with van der Waals surface area (Å²) in [5.41, 5.74) is 0. The molecule has 2 aliphatic rings. The molecule has 146 valence electrons. The lowest BCUT2D eigenvalue weighted by Crippen LogP contribution is -2.31. The van der Waals surface area contributed by atoms with Gasteiger partial charge in [0.15, 0.2) is 5.13 Å². The van der Waals surface area contributed by atoms with Crippen LogP contribution in [-0.4, -0.2) is 48.4 Å². The van der Waals surface area contributed by atoms with Gasteiger partial charge in [-0.1, -0.05) is 0 Å². The van der Waals surface area contributed by atoms with Gasteiger partial charge in [0.05, 0.1) is 17.1 Å². The number of ether oxygens (including phenoxy) is 2. The first-order valence-corrected chi connectivity index (χ1v) is 10.1. The van der Waals surface area contributed by atoms with Gasteiger partial charge in [-0.05, 0) is 62.7 Å². The Kier molecular flexibility index (Phi) is 6.66. The van der Waals surface area contributed by atoms with Crippen LogP contribution in [0, 0.1) is 10.1 Å². The lowest BCUT2D eigenvalue weighted by molar-refractivity contribution is -0.379. The minimum Gasteiger partial charge on any atom is -0.381 e. The van der Waals surface area contributed by atoms with Crippen LogP contribution in [0.25, 0.3) is 0 Å². The second-order valence-corrected chi connectivity index (χ2v) is 8.14. The van der Waals surface area contributed by atoms with E-state index < -0.39 is 0 Å². The summed E-state index contributed by atoms with van der Waals surface area (Å²) in [5.74, 6) is 0.378. The molecule has 4 unspecified atom stereocenters. The maximum atomic E-state index is 11.5. The molecule has 0 radical (unpaired) electrons. The molecule has 0 aliphatic heterocycles. The molecule has 3 rings (SSSR count). The van der Waals surface area contributed by atoms with Gasteiger partial charge in [-0.15, -0.1) is 0 Å². The number of hydrogen-bond acceptors (Lipinski definition) is 8. The smallest absolute Gasteiger partial charge is 0.369 e. The van der Waals surface area contributed by atoms with E-state index >= 15 is 0 Å². The Hall–Kier alpha value is -1.45. The Balaban J connectivity index is 1.67. The highest BCUT2D eigenvalue weighted by molar-refractivity contribution is 7.19. The topological polar surface area (TPSA) is 98.5 Å². The third-order valence-corrected chi connectivity index (χ3v) is 6.30. The van der Waals surface area contributed by atoms with Crippen LogP contribution in [0.2, 0.25) is 0 Å². The number of nitrogens with one attached hydrogen (secondary N) is 2. The van der Waals surface area contributed by atoms with Crippen LogP contribution in [0.5, 0.6) is 0 Å². The fourth-order valence-electron chi connectivity index (χ4n) is 3.94. The van der Waals surface area contributed by atoms with Crippen LogP contribution in [0.3, 0.4) is 0 Å². The zero-order valence-electron chi connectivity index (χ0n) is 15.4. The number of thiazole rings is 1. The van der Waals surface area contributed by atoms with Crippen LogP contribution in [0.15, 0.2) is 0 Å². The molecule has 0 spiro atoms. The second-order valence-electron chi connectivity index (χ2n) is 7.16. The molecule has 0 amide bonds. The van der Waals surface area contributed by atoms with Crippen molar-refractivity contribution in [2.24, 2.45) is 0 Å². The fraction of sp³-hybridized carbons (Fsp3) is 0.824.